The zero-order valence-electron chi connectivity index (χ0n) is 18.8. The fourth-order valence-electron chi connectivity index (χ4n) is 4.18. The van der Waals surface area contributed by atoms with E-state index in [2.05, 4.69) is 45.0 Å². The molecule has 1 aromatic heterocycles. The van der Waals surface area contributed by atoms with Gasteiger partial charge in [-0.3, -0.25) is 0 Å². The van der Waals surface area contributed by atoms with E-state index in [0.717, 1.165) is 28.9 Å². The van der Waals surface area contributed by atoms with Crippen molar-refractivity contribution in [2.75, 3.05) is 6.61 Å². The van der Waals surface area contributed by atoms with Gasteiger partial charge < -0.3 is 14.9 Å². The largest absolute Gasteiger partial charge is 0.508 e. The molecule has 3 aromatic rings. The molecule has 0 saturated carbocycles. The molecule has 30 heavy (non-hydrogen) atoms. The molecule has 162 valence electrons. The predicted molar refractivity (Wildman–Crippen MR) is 127 cm³/mol. The van der Waals surface area contributed by atoms with Gasteiger partial charge in [0, 0.05) is 15.0 Å². The van der Waals surface area contributed by atoms with Gasteiger partial charge in [-0.2, -0.15) is 0 Å². The predicted octanol–water partition coefficient (Wildman–Crippen LogP) is 6.95. The molecule has 2 aromatic carbocycles. The number of hydrogen-bond donors (Lipinski definition) is 2. The minimum atomic E-state index is -0.773. The van der Waals surface area contributed by atoms with Crippen LogP contribution in [0.4, 0.5) is 0 Å². The average Bonchev–Trinajstić information content (AvgIpc) is 3.17. The third-order valence-electron chi connectivity index (χ3n) is 6.72. The molecule has 3 rings (SSSR count). The number of aromatic hydroxyl groups is 1. The standard InChI is InChI=1S/C26H34O3S/c1-6-25(28,7-2)17-29-22-13-11-20(14-18(22)5)26(8-3,9-4)24-15-19-10-12-21(27)16-23(19)30-24/h10-16,27-28H,6-9,17H2,1-5H3. The van der Waals surface area contributed by atoms with Crippen molar-refractivity contribution in [2.45, 2.75) is 71.3 Å². The van der Waals surface area contributed by atoms with Gasteiger partial charge >= 0.3 is 0 Å². The second-order valence-electron chi connectivity index (χ2n) is 8.32. The lowest BCUT2D eigenvalue weighted by atomic mass is 9.74. The average molecular weight is 427 g/mol. The molecule has 0 unspecified atom stereocenters. The van der Waals surface area contributed by atoms with Gasteiger partial charge in [0.05, 0.1) is 5.60 Å². The Bertz CT molecular complexity index is 997. The van der Waals surface area contributed by atoms with E-state index in [0.29, 0.717) is 25.2 Å². The molecule has 0 spiro atoms. The number of aryl methyl sites for hydroxylation is 1. The van der Waals surface area contributed by atoms with Gasteiger partial charge in [-0.05, 0) is 79.5 Å². The summed E-state index contributed by atoms with van der Waals surface area (Å²) in [5.74, 6) is 1.15. The molecule has 1 heterocycles. The maximum absolute atomic E-state index is 10.5. The van der Waals surface area contributed by atoms with Gasteiger partial charge in [-0.25, -0.2) is 0 Å². The molecular weight excluding hydrogens is 392 g/mol. The normalized spacial score (nSPS) is 12.5. The van der Waals surface area contributed by atoms with Crippen LogP contribution in [0.2, 0.25) is 0 Å². The van der Waals surface area contributed by atoms with Crippen molar-refractivity contribution in [2.24, 2.45) is 0 Å². The molecule has 4 heteroatoms. The summed E-state index contributed by atoms with van der Waals surface area (Å²) in [7, 11) is 0. The number of phenolic OH excluding ortho intramolecular Hbond substituents is 1. The fraction of sp³-hybridized carbons (Fsp3) is 0.462. The molecule has 0 aliphatic rings. The third-order valence-corrected chi connectivity index (χ3v) is 8.02. The van der Waals surface area contributed by atoms with Crippen molar-refractivity contribution < 1.29 is 14.9 Å². The smallest absolute Gasteiger partial charge is 0.122 e. The van der Waals surface area contributed by atoms with E-state index in [1.165, 1.54) is 15.8 Å². The SMILES string of the molecule is CCC(O)(CC)COc1ccc(C(CC)(CC)c2cc3ccc(O)cc3s2)cc1C. The Balaban J connectivity index is 1.96. The molecule has 3 nitrogen and oxygen atoms in total. The van der Waals surface area contributed by atoms with E-state index in [1.54, 1.807) is 17.4 Å². The number of hydrogen-bond acceptors (Lipinski definition) is 4. The van der Waals surface area contributed by atoms with Gasteiger partial charge in [-0.15, -0.1) is 11.3 Å². The Kier molecular flexibility index (Phi) is 6.78. The first-order valence-electron chi connectivity index (χ1n) is 11.0. The van der Waals surface area contributed by atoms with Crippen LogP contribution in [-0.4, -0.2) is 22.4 Å². The van der Waals surface area contributed by atoms with Crippen molar-refractivity contribution in [3.05, 3.63) is 58.5 Å². The van der Waals surface area contributed by atoms with Gasteiger partial charge in [0.1, 0.15) is 18.1 Å². The van der Waals surface area contributed by atoms with Gasteiger partial charge in [0.2, 0.25) is 0 Å². The molecule has 0 fully saturated rings. The third kappa shape index (κ3) is 4.21. The Morgan fingerprint density at radius 1 is 0.900 bits per heavy atom. The van der Waals surface area contributed by atoms with Crippen molar-refractivity contribution in [1.82, 2.24) is 0 Å². The number of ether oxygens (including phenoxy) is 1. The Morgan fingerprint density at radius 2 is 1.60 bits per heavy atom. The van der Waals surface area contributed by atoms with Gasteiger partial charge in [-0.1, -0.05) is 39.8 Å². The summed E-state index contributed by atoms with van der Waals surface area (Å²) in [6.45, 7) is 10.9. The van der Waals surface area contributed by atoms with Gasteiger partial charge in [0.25, 0.3) is 0 Å². The number of aliphatic hydroxyl groups is 1. The Labute approximate surface area is 184 Å². The highest BCUT2D eigenvalue weighted by atomic mass is 32.1. The van der Waals surface area contributed by atoms with Crippen LogP contribution in [0, 0.1) is 6.92 Å². The van der Waals surface area contributed by atoms with Crippen molar-refractivity contribution >= 4 is 21.4 Å². The van der Waals surface area contributed by atoms with Crippen LogP contribution in [0.3, 0.4) is 0 Å². The van der Waals surface area contributed by atoms with Gasteiger partial charge in [0.15, 0.2) is 0 Å². The highest BCUT2D eigenvalue weighted by molar-refractivity contribution is 7.19. The van der Waals surface area contributed by atoms with E-state index in [-0.39, 0.29) is 5.41 Å². The summed E-state index contributed by atoms with van der Waals surface area (Å²) in [6.07, 6.45) is 3.34. The lowest BCUT2D eigenvalue weighted by Crippen LogP contribution is -2.34. The van der Waals surface area contributed by atoms with Crippen LogP contribution in [-0.2, 0) is 5.41 Å². The van der Waals surface area contributed by atoms with Crippen molar-refractivity contribution in [3.8, 4) is 11.5 Å². The maximum atomic E-state index is 10.5. The number of rotatable bonds is 9. The molecule has 0 aliphatic heterocycles. The molecule has 0 aliphatic carbocycles. The zero-order valence-corrected chi connectivity index (χ0v) is 19.6. The molecule has 0 atom stereocenters. The first-order chi connectivity index (χ1) is 14.3. The van der Waals surface area contributed by atoms with E-state index in [4.69, 9.17) is 4.74 Å². The van der Waals surface area contributed by atoms with Crippen LogP contribution in [0.1, 0.15) is 69.4 Å². The summed E-state index contributed by atoms with van der Waals surface area (Å²) in [4.78, 5) is 1.33. The second kappa shape index (κ2) is 8.99. The van der Waals surface area contributed by atoms with E-state index < -0.39 is 5.60 Å². The second-order valence-corrected chi connectivity index (χ2v) is 9.41. The summed E-state index contributed by atoms with van der Waals surface area (Å²) >= 11 is 1.77. The van der Waals surface area contributed by atoms with Crippen LogP contribution in [0.5, 0.6) is 11.5 Å². The Hall–Kier alpha value is -2.04. The maximum Gasteiger partial charge on any atom is 0.122 e. The number of thiophene rings is 1. The molecule has 0 bridgehead atoms. The van der Waals surface area contributed by atoms with Crippen LogP contribution < -0.4 is 4.74 Å². The van der Waals surface area contributed by atoms with E-state index in [9.17, 15) is 10.2 Å². The Morgan fingerprint density at radius 3 is 2.20 bits per heavy atom. The summed E-state index contributed by atoms with van der Waals surface area (Å²) in [6, 6.07) is 14.3. The van der Waals surface area contributed by atoms with Crippen molar-refractivity contribution in [1.29, 1.82) is 0 Å². The highest BCUT2D eigenvalue weighted by Crippen LogP contribution is 2.45. The number of fused-ring (bicyclic) bond motifs is 1. The first-order valence-corrected chi connectivity index (χ1v) is 11.8. The molecule has 0 amide bonds. The quantitative estimate of drug-likeness (QED) is 0.389. The minimum Gasteiger partial charge on any atom is -0.508 e. The zero-order chi connectivity index (χ0) is 21.9. The lowest BCUT2D eigenvalue weighted by molar-refractivity contribution is -0.0115. The molecule has 2 N–H and O–H groups in total. The highest BCUT2D eigenvalue weighted by Gasteiger charge is 2.33. The van der Waals surface area contributed by atoms with E-state index in [1.807, 2.05) is 26.0 Å². The first kappa shape index (κ1) is 22.6. The lowest BCUT2D eigenvalue weighted by Gasteiger charge is -2.32. The monoisotopic (exact) mass is 426 g/mol. The number of phenols is 1. The molecule has 0 saturated heterocycles. The topological polar surface area (TPSA) is 49.7 Å². The van der Waals surface area contributed by atoms with Crippen LogP contribution >= 0.6 is 11.3 Å². The van der Waals surface area contributed by atoms with E-state index >= 15 is 0 Å². The fourth-order valence-corrected chi connectivity index (χ4v) is 5.63. The van der Waals surface area contributed by atoms with Crippen LogP contribution in [0.25, 0.3) is 10.1 Å². The van der Waals surface area contributed by atoms with Crippen molar-refractivity contribution in [3.63, 3.8) is 0 Å². The van der Waals surface area contributed by atoms with Crippen LogP contribution in [0.15, 0.2) is 42.5 Å². The molecular formula is C26H34O3S. The number of benzene rings is 2. The summed E-state index contributed by atoms with van der Waals surface area (Å²) < 4.78 is 7.13. The minimum absolute atomic E-state index is 0.0732. The summed E-state index contributed by atoms with van der Waals surface area (Å²) in [5, 5.41) is 21.6. The molecule has 0 radical (unpaired) electrons. The summed E-state index contributed by atoms with van der Waals surface area (Å²) in [5.41, 5.74) is 1.53.